The number of alkyl halides is 3. The number of hydrogen-bond acceptors (Lipinski definition) is 6. The fraction of sp³-hybridized carbons (Fsp3) is 0.583. The second kappa shape index (κ2) is 12.9. The van der Waals surface area contributed by atoms with Crippen LogP contribution in [0.2, 0.25) is 0 Å². The van der Waals surface area contributed by atoms with Gasteiger partial charge >= 0.3 is 6.18 Å². The molecule has 1 aromatic heterocycles. The highest BCUT2D eigenvalue weighted by Gasteiger charge is 2.36. The van der Waals surface area contributed by atoms with Gasteiger partial charge in [-0.25, -0.2) is 4.99 Å². The molecule has 5 nitrogen and oxygen atoms in total. The maximum absolute atomic E-state index is 12.2. The normalized spacial score (nSPS) is 18.4. The minimum Gasteiger partial charge on any atom is -0.476 e. The Kier molecular flexibility index (Phi) is 10.6. The first-order chi connectivity index (χ1) is 15.7. The highest BCUT2D eigenvalue weighted by atomic mass is 32.1. The van der Waals surface area contributed by atoms with Gasteiger partial charge in [0.2, 0.25) is 5.88 Å². The van der Waals surface area contributed by atoms with Gasteiger partial charge in [-0.2, -0.15) is 18.4 Å². The predicted molar refractivity (Wildman–Crippen MR) is 127 cm³/mol. The number of halogens is 3. The molecule has 1 aliphatic heterocycles. The van der Waals surface area contributed by atoms with E-state index in [1.165, 1.54) is 0 Å². The molecule has 1 aliphatic rings. The van der Waals surface area contributed by atoms with Gasteiger partial charge in [-0.3, -0.25) is 4.90 Å². The molecule has 0 N–H and O–H groups in total. The van der Waals surface area contributed by atoms with Crippen molar-refractivity contribution in [3.8, 4) is 6.07 Å². The lowest BCUT2D eigenvalue weighted by Gasteiger charge is -2.35. The summed E-state index contributed by atoms with van der Waals surface area (Å²) in [5, 5.41) is 12.0. The number of rotatable bonds is 12. The minimum atomic E-state index is -4.36. The number of aliphatic imine (C=N–C) groups is 1. The molecule has 1 unspecified atom stereocenters. The van der Waals surface area contributed by atoms with E-state index in [2.05, 4.69) is 47.5 Å². The molecule has 2 rings (SSSR count). The maximum atomic E-state index is 12.2. The van der Waals surface area contributed by atoms with Crippen LogP contribution in [0.5, 0.6) is 0 Å². The van der Waals surface area contributed by atoms with Crippen molar-refractivity contribution in [1.29, 1.82) is 5.26 Å². The van der Waals surface area contributed by atoms with E-state index in [4.69, 9.17) is 4.74 Å². The van der Waals surface area contributed by atoms with Crippen LogP contribution in [0.4, 0.5) is 13.2 Å². The molecule has 0 aromatic carbocycles. The van der Waals surface area contributed by atoms with Gasteiger partial charge in [0.05, 0.1) is 11.5 Å². The van der Waals surface area contributed by atoms with Crippen molar-refractivity contribution in [3.05, 3.63) is 46.5 Å². The van der Waals surface area contributed by atoms with Gasteiger partial charge in [0.1, 0.15) is 6.61 Å². The average Bonchev–Trinajstić information content (AvgIpc) is 3.31. The van der Waals surface area contributed by atoms with Gasteiger partial charge in [-0.15, -0.1) is 11.3 Å². The van der Waals surface area contributed by atoms with E-state index in [-0.39, 0.29) is 17.9 Å². The first-order valence-corrected chi connectivity index (χ1v) is 12.0. The standard InChI is InChI=1S/C24H33F3N4OS/c1-20(2)23(19-28,21-7-5-18-33-21)9-6-11-30-12-14-31(15-13-30)16-17-32-22(29-3)8-4-10-24(25,26)27/h4-5,7-8,10,18,20H,3,6,9,11-17H2,1-2H3/b10-4+,22-8+. The molecule has 1 saturated heterocycles. The molecule has 33 heavy (non-hydrogen) atoms. The first-order valence-electron chi connectivity index (χ1n) is 11.2. The zero-order valence-electron chi connectivity index (χ0n) is 19.4. The smallest absolute Gasteiger partial charge is 0.409 e. The van der Waals surface area contributed by atoms with Crippen LogP contribution in [0, 0.1) is 17.2 Å². The molecule has 9 heteroatoms. The van der Waals surface area contributed by atoms with Crippen molar-refractivity contribution in [2.24, 2.45) is 10.9 Å². The zero-order chi connectivity index (χ0) is 24.3. The van der Waals surface area contributed by atoms with E-state index in [0.29, 0.717) is 13.2 Å². The topological polar surface area (TPSA) is 51.9 Å². The molecule has 182 valence electrons. The van der Waals surface area contributed by atoms with Crippen LogP contribution in [-0.2, 0) is 10.2 Å². The molecular weight excluding hydrogens is 449 g/mol. The highest BCUT2D eigenvalue weighted by Crippen LogP contribution is 2.39. The van der Waals surface area contributed by atoms with Crippen LogP contribution in [0.1, 0.15) is 31.6 Å². The number of ether oxygens (including phenoxy) is 1. The molecule has 0 spiro atoms. The monoisotopic (exact) mass is 482 g/mol. The second-order valence-electron chi connectivity index (χ2n) is 8.41. The van der Waals surface area contributed by atoms with Crippen LogP contribution in [-0.4, -0.2) is 68.6 Å². The first kappa shape index (κ1) is 27.1. The Morgan fingerprint density at radius 1 is 1.27 bits per heavy atom. The minimum absolute atomic E-state index is 0.0750. The fourth-order valence-corrected chi connectivity index (χ4v) is 5.01. The molecule has 0 saturated carbocycles. The van der Waals surface area contributed by atoms with Crippen molar-refractivity contribution in [1.82, 2.24) is 9.80 Å². The van der Waals surface area contributed by atoms with Crippen molar-refractivity contribution in [3.63, 3.8) is 0 Å². The van der Waals surface area contributed by atoms with Gasteiger partial charge in [-0.05, 0) is 43.5 Å². The number of nitrogens with zero attached hydrogens (tertiary/aromatic N) is 4. The van der Waals surface area contributed by atoms with E-state index >= 15 is 0 Å². The van der Waals surface area contributed by atoms with E-state index < -0.39 is 11.6 Å². The molecule has 0 aliphatic carbocycles. The third-order valence-electron chi connectivity index (χ3n) is 5.99. The lowest BCUT2D eigenvalue weighted by molar-refractivity contribution is -0.0798. The molecule has 0 bridgehead atoms. The lowest BCUT2D eigenvalue weighted by Crippen LogP contribution is -2.47. The van der Waals surface area contributed by atoms with E-state index in [1.54, 1.807) is 11.3 Å². The molecule has 2 heterocycles. The lowest BCUT2D eigenvalue weighted by atomic mass is 9.73. The van der Waals surface area contributed by atoms with Crippen LogP contribution in [0.15, 0.2) is 46.6 Å². The second-order valence-corrected chi connectivity index (χ2v) is 9.36. The van der Waals surface area contributed by atoms with Crippen molar-refractivity contribution in [2.75, 3.05) is 45.9 Å². The number of hydrogen-bond donors (Lipinski definition) is 0. The van der Waals surface area contributed by atoms with Crippen molar-refractivity contribution in [2.45, 2.75) is 38.3 Å². The van der Waals surface area contributed by atoms with E-state index in [0.717, 1.165) is 62.6 Å². The van der Waals surface area contributed by atoms with Crippen molar-refractivity contribution >= 4 is 18.1 Å². The summed E-state index contributed by atoms with van der Waals surface area (Å²) >= 11 is 1.66. The van der Waals surface area contributed by atoms with E-state index in [1.807, 2.05) is 11.4 Å². The number of thiophene rings is 1. The van der Waals surface area contributed by atoms with Gasteiger partial charge in [-0.1, -0.05) is 26.0 Å². The molecule has 1 atom stereocenters. The molecule has 0 amide bonds. The van der Waals surface area contributed by atoms with Gasteiger partial charge in [0.25, 0.3) is 0 Å². The van der Waals surface area contributed by atoms with Gasteiger partial charge in [0.15, 0.2) is 0 Å². The number of allylic oxidation sites excluding steroid dienone is 3. The maximum Gasteiger partial charge on any atom is 0.409 e. The largest absolute Gasteiger partial charge is 0.476 e. The zero-order valence-corrected chi connectivity index (χ0v) is 20.2. The molecule has 0 radical (unpaired) electrons. The Labute approximate surface area is 198 Å². The van der Waals surface area contributed by atoms with E-state index in [9.17, 15) is 18.4 Å². The summed E-state index contributed by atoms with van der Waals surface area (Å²) in [6.07, 6.45) is -0.394. The Morgan fingerprint density at radius 2 is 1.94 bits per heavy atom. The Morgan fingerprint density at radius 3 is 2.45 bits per heavy atom. The number of piperazine rings is 1. The predicted octanol–water partition coefficient (Wildman–Crippen LogP) is 5.24. The molecule has 1 fully saturated rings. The Balaban J connectivity index is 1.71. The number of nitriles is 1. The van der Waals surface area contributed by atoms with Crippen molar-refractivity contribution < 1.29 is 17.9 Å². The van der Waals surface area contributed by atoms with Crippen LogP contribution >= 0.6 is 11.3 Å². The molecular formula is C24H33F3N4OS. The summed E-state index contributed by atoms with van der Waals surface area (Å²) in [5.41, 5.74) is -0.424. The van der Waals surface area contributed by atoms with Gasteiger partial charge < -0.3 is 9.64 Å². The van der Waals surface area contributed by atoms with Crippen LogP contribution in [0.3, 0.4) is 0 Å². The summed E-state index contributed by atoms with van der Waals surface area (Å²) in [6.45, 7) is 13.2. The summed E-state index contributed by atoms with van der Waals surface area (Å²) in [4.78, 5) is 9.46. The van der Waals surface area contributed by atoms with Crippen LogP contribution in [0.25, 0.3) is 0 Å². The van der Waals surface area contributed by atoms with Gasteiger partial charge in [0, 0.05) is 49.8 Å². The van der Waals surface area contributed by atoms with Crippen LogP contribution < -0.4 is 0 Å². The highest BCUT2D eigenvalue weighted by molar-refractivity contribution is 7.10. The fourth-order valence-electron chi connectivity index (χ4n) is 3.95. The molecule has 1 aromatic rings. The average molecular weight is 483 g/mol. The Hall–Kier alpha value is -2.15. The third-order valence-corrected chi connectivity index (χ3v) is 7.04. The SMILES string of the molecule is C=N/C(=C\C=C\C(F)(F)F)OCCN1CCN(CCCC(C#N)(c2cccs2)C(C)C)CC1. The summed E-state index contributed by atoms with van der Waals surface area (Å²) in [7, 11) is 0. The Bertz CT molecular complexity index is 822. The quantitative estimate of drug-likeness (QED) is 0.232. The third kappa shape index (κ3) is 8.61. The summed E-state index contributed by atoms with van der Waals surface area (Å²) < 4.78 is 41.9. The summed E-state index contributed by atoms with van der Waals surface area (Å²) in [5.74, 6) is 0.331. The summed E-state index contributed by atoms with van der Waals surface area (Å²) in [6, 6.07) is 6.70.